The van der Waals surface area contributed by atoms with Crippen LogP contribution < -0.4 is 11.2 Å². The molecule has 0 aliphatic carbocycles. The molecule has 0 amide bonds. The van der Waals surface area contributed by atoms with E-state index in [0.717, 1.165) is 4.57 Å². The van der Waals surface area contributed by atoms with Gasteiger partial charge in [0.05, 0.1) is 28.0 Å². The minimum absolute atomic E-state index is 0.0811. The number of aryl methyl sites for hydroxylation is 3. The molecule has 0 radical (unpaired) electrons. The minimum Gasteiger partial charge on any atom is -0.359 e. The molecule has 10 heteroatoms. The van der Waals surface area contributed by atoms with Gasteiger partial charge in [0.2, 0.25) is 0 Å². The van der Waals surface area contributed by atoms with Crippen LogP contribution in [0.15, 0.2) is 37.2 Å². The Morgan fingerprint density at radius 1 is 1.20 bits per heavy atom. The van der Waals surface area contributed by atoms with Crippen molar-refractivity contribution in [1.29, 1.82) is 0 Å². The number of halogens is 1. The standard InChI is InChI=1S/C15H14ClN3O5S/c1-8-4-11(25(16,22)23)6-12-13(8)18(3)15(21)19(14(12)20)7-10-5-9(2)17-24-10/h4-6H,7H2,1-3H3. The fraction of sp³-hybridized carbons (Fsp3) is 0.267. The summed E-state index contributed by atoms with van der Waals surface area (Å²) in [5.41, 5.74) is 0.251. The van der Waals surface area contributed by atoms with Gasteiger partial charge in [-0.15, -0.1) is 0 Å². The maximum absolute atomic E-state index is 12.8. The molecule has 25 heavy (non-hydrogen) atoms. The van der Waals surface area contributed by atoms with E-state index in [9.17, 15) is 18.0 Å². The molecule has 0 N–H and O–H groups in total. The number of rotatable bonds is 3. The van der Waals surface area contributed by atoms with Gasteiger partial charge in [0.15, 0.2) is 5.76 Å². The van der Waals surface area contributed by atoms with Crippen LogP contribution in [0.5, 0.6) is 0 Å². The highest BCUT2D eigenvalue weighted by atomic mass is 35.7. The predicted molar refractivity (Wildman–Crippen MR) is 91.6 cm³/mol. The van der Waals surface area contributed by atoms with Crippen molar-refractivity contribution in [3.8, 4) is 0 Å². The lowest BCUT2D eigenvalue weighted by atomic mass is 10.1. The first kappa shape index (κ1) is 17.4. The molecule has 0 fully saturated rings. The Balaban J connectivity index is 2.36. The zero-order valence-electron chi connectivity index (χ0n) is 13.6. The van der Waals surface area contributed by atoms with E-state index in [1.807, 2.05) is 0 Å². The first-order valence-corrected chi connectivity index (χ1v) is 9.51. The van der Waals surface area contributed by atoms with Crippen molar-refractivity contribution in [2.45, 2.75) is 25.3 Å². The summed E-state index contributed by atoms with van der Waals surface area (Å²) >= 11 is 0. The smallest absolute Gasteiger partial charge is 0.331 e. The molecule has 132 valence electrons. The molecule has 1 aromatic carbocycles. The van der Waals surface area contributed by atoms with E-state index in [4.69, 9.17) is 15.2 Å². The van der Waals surface area contributed by atoms with Gasteiger partial charge in [0, 0.05) is 23.8 Å². The van der Waals surface area contributed by atoms with E-state index in [-0.39, 0.29) is 16.8 Å². The highest BCUT2D eigenvalue weighted by Crippen LogP contribution is 2.22. The van der Waals surface area contributed by atoms with Gasteiger partial charge in [0.1, 0.15) is 0 Å². The van der Waals surface area contributed by atoms with Crippen molar-refractivity contribution in [3.05, 3.63) is 56.1 Å². The summed E-state index contributed by atoms with van der Waals surface area (Å²) in [7, 11) is 2.89. The van der Waals surface area contributed by atoms with E-state index < -0.39 is 20.3 Å². The molecule has 0 spiro atoms. The SMILES string of the molecule is Cc1cc(Cn2c(=O)c3cc(S(=O)(=O)Cl)cc(C)c3n(C)c2=O)on1. The lowest BCUT2D eigenvalue weighted by Gasteiger charge is -2.12. The Hall–Kier alpha value is -2.39. The van der Waals surface area contributed by atoms with Gasteiger partial charge >= 0.3 is 5.69 Å². The molecule has 0 saturated heterocycles. The van der Waals surface area contributed by atoms with Gasteiger partial charge < -0.3 is 4.52 Å². The summed E-state index contributed by atoms with van der Waals surface area (Å²) in [5.74, 6) is 0.342. The third-order valence-corrected chi connectivity index (χ3v) is 5.21. The molecular formula is C15H14ClN3O5S. The quantitative estimate of drug-likeness (QED) is 0.631. The first-order chi connectivity index (χ1) is 11.6. The van der Waals surface area contributed by atoms with Gasteiger partial charge in [-0.05, 0) is 31.5 Å². The molecule has 3 aromatic rings. The van der Waals surface area contributed by atoms with Gasteiger partial charge in [-0.3, -0.25) is 13.9 Å². The normalized spacial score (nSPS) is 12.0. The highest BCUT2D eigenvalue weighted by molar-refractivity contribution is 8.13. The van der Waals surface area contributed by atoms with Crippen LogP contribution in [0.25, 0.3) is 10.9 Å². The Morgan fingerprint density at radius 2 is 1.88 bits per heavy atom. The van der Waals surface area contributed by atoms with Gasteiger partial charge in [-0.2, -0.15) is 0 Å². The molecule has 0 unspecified atom stereocenters. The third kappa shape index (κ3) is 3.00. The molecule has 0 aliphatic heterocycles. The Bertz CT molecular complexity index is 1220. The molecule has 0 atom stereocenters. The molecule has 0 saturated carbocycles. The van der Waals surface area contributed by atoms with Crippen molar-refractivity contribution < 1.29 is 12.9 Å². The van der Waals surface area contributed by atoms with Crippen molar-refractivity contribution in [1.82, 2.24) is 14.3 Å². The van der Waals surface area contributed by atoms with Crippen LogP contribution in [0.2, 0.25) is 0 Å². The van der Waals surface area contributed by atoms with Crippen molar-refractivity contribution in [2.75, 3.05) is 0 Å². The zero-order valence-corrected chi connectivity index (χ0v) is 15.2. The first-order valence-electron chi connectivity index (χ1n) is 7.20. The predicted octanol–water partition coefficient (Wildman–Crippen LogP) is 1.28. The Labute approximate surface area is 146 Å². The molecular weight excluding hydrogens is 370 g/mol. The van der Waals surface area contributed by atoms with E-state index in [0.29, 0.717) is 22.5 Å². The van der Waals surface area contributed by atoms with Crippen LogP contribution in [0, 0.1) is 13.8 Å². The summed E-state index contributed by atoms with van der Waals surface area (Å²) < 4.78 is 30.6. The van der Waals surface area contributed by atoms with E-state index >= 15 is 0 Å². The van der Waals surface area contributed by atoms with Gasteiger partial charge in [0.25, 0.3) is 14.6 Å². The number of benzene rings is 1. The summed E-state index contributed by atoms with van der Waals surface area (Å²) in [6, 6.07) is 4.11. The van der Waals surface area contributed by atoms with Gasteiger partial charge in [-0.25, -0.2) is 13.2 Å². The monoisotopic (exact) mass is 383 g/mol. The molecule has 8 nitrogen and oxygen atoms in total. The van der Waals surface area contributed by atoms with E-state index in [1.165, 1.54) is 23.7 Å². The van der Waals surface area contributed by atoms with Crippen LogP contribution in [-0.2, 0) is 22.6 Å². The van der Waals surface area contributed by atoms with Crippen molar-refractivity contribution in [3.63, 3.8) is 0 Å². The molecule has 3 rings (SSSR count). The van der Waals surface area contributed by atoms with Crippen molar-refractivity contribution >= 4 is 30.6 Å². The maximum Gasteiger partial charge on any atom is 0.331 e. The number of nitrogens with zero attached hydrogens (tertiary/aromatic N) is 3. The second-order valence-corrected chi connectivity index (χ2v) is 8.31. The third-order valence-electron chi connectivity index (χ3n) is 3.88. The summed E-state index contributed by atoms with van der Waals surface area (Å²) in [6.45, 7) is 3.21. The second-order valence-electron chi connectivity index (χ2n) is 5.74. The van der Waals surface area contributed by atoms with Crippen LogP contribution in [0.3, 0.4) is 0 Å². The van der Waals surface area contributed by atoms with Crippen LogP contribution in [0.4, 0.5) is 0 Å². The lowest BCUT2D eigenvalue weighted by molar-refractivity contribution is 0.369. The summed E-state index contributed by atoms with van der Waals surface area (Å²) in [4.78, 5) is 25.2. The average molecular weight is 384 g/mol. The topological polar surface area (TPSA) is 104 Å². The Morgan fingerprint density at radius 3 is 2.44 bits per heavy atom. The zero-order chi connectivity index (χ0) is 18.5. The van der Waals surface area contributed by atoms with E-state index in [1.54, 1.807) is 19.9 Å². The highest BCUT2D eigenvalue weighted by Gasteiger charge is 2.19. The van der Waals surface area contributed by atoms with E-state index in [2.05, 4.69) is 5.16 Å². The molecule has 2 heterocycles. The fourth-order valence-electron chi connectivity index (χ4n) is 2.79. The van der Waals surface area contributed by atoms with Crippen LogP contribution in [-0.4, -0.2) is 22.7 Å². The molecule has 2 aromatic heterocycles. The largest absolute Gasteiger partial charge is 0.359 e. The van der Waals surface area contributed by atoms with Crippen LogP contribution in [0.1, 0.15) is 17.0 Å². The summed E-state index contributed by atoms with van der Waals surface area (Å²) in [6.07, 6.45) is 0. The Kier molecular flexibility index (Phi) is 4.08. The number of hydrogen-bond acceptors (Lipinski definition) is 6. The van der Waals surface area contributed by atoms with Crippen LogP contribution >= 0.6 is 10.7 Å². The van der Waals surface area contributed by atoms with Gasteiger partial charge in [-0.1, -0.05) is 5.16 Å². The second kappa shape index (κ2) is 5.85. The molecule has 0 bridgehead atoms. The molecule has 0 aliphatic rings. The summed E-state index contributed by atoms with van der Waals surface area (Å²) in [5, 5.41) is 3.80. The number of hydrogen-bond donors (Lipinski definition) is 0. The minimum atomic E-state index is -4.02. The fourth-order valence-corrected chi connectivity index (χ4v) is 3.63. The number of aromatic nitrogens is 3. The average Bonchev–Trinajstić information content (AvgIpc) is 2.93. The number of fused-ring (bicyclic) bond motifs is 1. The maximum atomic E-state index is 12.8. The van der Waals surface area contributed by atoms with Crippen molar-refractivity contribution in [2.24, 2.45) is 7.05 Å². The lowest BCUT2D eigenvalue weighted by Crippen LogP contribution is -2.39.